The molecule has 2 N–H and O–H groups in total. The highest BCUT2D eigenvalue weighted by Crippen LogP contribution is 2.24. The normalized spacial score (nSPS) is 16.3. The quantitative estimate of drug-likeness (QED) is 0.438. The molecule has 1 atom stereocenters. The van der Waals surface area contributed by atoms with Crippen molar-refractivity contribution in [3.63, 3.8) is 0 Å². The summed E-state index contributed by atoms with van der Waals surface area (Å²) in [6.07, 6.45) is 1.90. The van der Waals surface area contributed by atoms with Crippen molar-refractivity contribution in [3.05, 3.63) is 68.8 Å². The number of nitrogens with two attached hydrogens (primary N) is 1. The third-order valence-electron chi connectivity index (χ3n) is 6.52. The number of imidazole rings is 1. The lowest BCUT2D eigenvalue weighted by atomic mass is 10.1. The first-order valence-corrected chi connectivity index (χ1v) is 11.8. The molecule has 0 aliphatic carbocycles. The standard InChI is InChI=1S/C25H30N8O2/c1-15(2)12-32-21-22(29-24(32)31-11-7-8-17(26)13-31)30(4)25(35)33(23(21)34)14-20-27-16(3)18-9-5-6-10-19(18)28-20/h5-6,9-10,17H,1,7-8,11-14,26H2,2-4H3/t17-/m0/s1. The minimum atomic E-state index is -0.459. The number of anilines is 1. The van der Waals surface area contributed by atoms with Crippen molar-refractivity contribution in [1.82, 2.24) is 28.7 Å². The highest BCUT2D eigenvalue weighted by atomic mass is 16.2. The molecule has 0 unspecified atom stereocenters. The number of hydrogen-bond donors (Lipinski definition) is 1. The van der Waals surface area contributed by atoms with Gasteiger partial charge in [-0.1, -0.05) is 30.4 Å². The van der Waals surface area contributed by atoms with Crippen LogP contribution in [0.15, 0.2) is 46.0 Å². The average molecular weight is 475 g/mol. The highest BCUT2D eigenvalue weighted by Gasteiger charge is 2.26. The molecule has 5 rings (SSSR count). The van der Waals surface area contributed by atoms with Gasteiger partial charge in [0, 0.05) is 43.8 Å². The minimum Gasteiger partial charge on any atom is -0.341 e. The summed E-state index contributed by atoms with van der Waals surface area (Å²) in [6, 6.07) is 7.73. The van der Waals surface area contributed by atoms with Gasteiger partial charge in [0.25, 0.3) is 5.56 Å². The van der Waals surface area contributed by atoms with Crippen LogP contribution in [0, 0.1) is 6.92 Å². The SMILES string of the molecule is C=C(C)Cn1c(N2CCC[C@H](N)C2)nc2c1c(=O)n(Cc1nc(C)c3ccccc3n1)c(=O)n2C. The van der Waals surface area contributed by atoms with Crippen LogP contribution in [0.4, 0.5) is 5.95 Å². The Kier molecular flexibility index (Phi) is 5.76. The molecule has 1 saturated heterocycles. The van der Waals surface area contributed by atoms with Crippen molar-refractivity contribution in [1.29, 1.82) is 0 Å². The second-order valence-electron chi connectivity index (χ2n) is 9.45. The fourth-order valence-corrected chi connectivity index (χ4v) is 4.86. The molecule has 0 amide bonds. The fourth-order valence-electron chi connectivity index (χ4n) is 4.86. The molecule has 4 heterocycles. The summed E-state index contributed by atoms with van der Waals surface area (Å²) >= 11 is 0. The number of fused-ring (bicyclic) bond motifs is 2. The molecule has 0 saturated carbocycles. The Morgan fingerprint density at radius 2 is 1.94 bits per heavy atom. The Bertz CT molecular complexity index is 1580. The molecule has 35 heavy (non-hydrogen) atoms. The molecule has 0 radical (unpaired) electrons. The van der Waals surface area contributed by atoms with E-state index in [2.05, 4.69) is 21.4 Å². The van der Waals surface area contributed by atoms with E-state index >= 15 is 0 Å². The van der Waals surface area contributed by atoms with Gasteiger partial charge in [0.05, 0.1) is 12.1 Å². The van der Waals surface area contributed by atoms with Crippen LogP contribution in [0.3, 0.4) is 0 Å². The first kappa shape index (κ1) is 23.0. The smallest absolute Gasteiger partial charge is 0.332 e. The molecule has 1 aliphatic heterocycles. The number of rotatable bonds is 5. The van der Waals surface area contributed by atoms with Crippen LogP contribution >= 0.6 is 0 Å². The van der Waals surface area contributed by atoms with Crippen molar-refractivity contribution in [3.8, 4) is 0 Å². The number of aryl methyl sites for hydroxylation is 2. The molecule has 3 aromatic heterocycles. The highest BCUT2D eigenvalue weighted by molar-refractivity contribution is 5.80. The topological polar surface area (TPSA) is 117 Å². The Morgan fingerprint density at radius 3 is 2.69 bits per heavy atom. The van der Waals surface area contributed by atoms with Gasteiger partial charge in [0.2, 0.25) is 5.95 Å². The van der Waals surface area contributed by atoms with Crippen molar-refractivity contribution in [2.45, 2.75) is 45.8 Å². The number of aromatic nitrogens is 6. The van der Waals surface area contributed by atoms with Crippen LogP contribution in [0.2, 0.25) is 0 Å². The van der Waals surface area contributed by atoms with E-state index in [-0.39, 0.29) is 12.6 Å². The number of benzene rings is 1. The van der Waals surface area contributed by atoms with E-state index < -0.39 is 11.2 Å². The van der Waals surface area contributed by atoms with Crippen LogP contribution in [0.25, 0.3) is 22.1 Å². The second kappa shape index (κ2) is 8.77. The van der Waals surface area contributed by atoms with E-state index in [9.17, 15) is 9.59 Å². The summed E-state index contributed by atoms with van der Waals surface area (Å²) in [5, 5.41) is 0.941. The monoisotopic (exact) mass is 474 g/mol. The summed E-state index contributed by atoms with van der Waals surface area (Å²) in [5.74, 6) is 1.05. The number of para-hydroxylation sites is 1. The van der Waals surface area contributed by atoms with E-state index in [1.165, 1.54) is 9.13 Å². The van der Waals surface area contributed by atoms with Gasteiger partial charge in [-0.15, -0.1) is 0 Å². The summed E-state index contributed by atoms with van der Waals surface area (Å²) in [7, 11) is 1.64. The van der Waals surface area contributed by atoms with Crippen LogP contribution in [0.5, 0.6) is 0 Å². The van der Waals surface area contributed by atoms with Gasteiger partial charge in [-0.3, -0.25) is 13.9 Å². The molecule has 0 spiro atoms. The molecule has 1 aliphatic rings. The van der Waals surface area contributed by atoms with Gasteiger partial charge in [0.15, 0.2) is 11.2 Å². The minimum absolute atomic E-state index is 0.0324. The van der Waals surface area contributed by atoms with Gasteiger partial charge in [-0.2, -0.15) is 4.98 Å². The average Bonchev–Trinajstić information content (AvgIpc) is 3.19. The van der Waals surface area contributed by atoms with Gasteiger partial charge < -0.3 is 15.2 Å². The number of allylic oxidation sites excluding steroid dienone is 1. The maximum Gasteiger partial charge on any atom is 0.332 e. The molecule has 10 nitrogen and oxygen atoms in total. The van der Waals surface area contributed by atoms with Crippen LogP contribution in [-0.2, 0) is 20.1 Å². The molecule has 1 aromatic carbocycles. The van der Waals surface area contributed by atoms with E-state index in [0.29, 0.717) is 36.0 Å². The van der Waals surface area contributed by atoms with Gasteiger partial charge in [0.1, 0.15) is 5.82 Å². The first-order valence-electron chi connectivity index (χ1n) is 11.8. The van der Waals surface area contributed by atoms with Crippen LogP contribution in [0.1, 0.15) is 31.3 Å². The van der Waals surface area contributed by atoms with E-state index in [0.717, 1.165) is 41.6 Å². The lowest BCUT2D eigenvalue weighted by Crippen LogP contribution is -2.44. The molecular formula is C25H30N8O2. The predicted octanol–water partition coefficient (Wildman–Crippen LogP) is 1.70. The lowest BCUT2D eigenvalue weighted by Gasteiger charge is -2.31. The molecule has 1 fully saturated rings. The van der Waals surface area contributed by atoms with Crippen molar-refractivity contribution in [2.75, 3.05) is 18.0 Å². The van der Waals surface area contributed by atoms with E-state index in [1.54, 1.807) is 7.05 Å². The van der Waals surface area contributed by atoms with Crippen molar-refractivity contribution < 1.29 is 0 Å². The van der Waals surface area contributed by atoms with Crippen LogP contribution in [-0.4, -0.2) is 47.8 Å². The Balaban J connectivity index is 1.69. The Labute approximate surface area is 202 Å². The Morgan fingerprint density at radius 1 is 1.17 bits per heavy atom. The third-order valence-corrected chi connectivity index (χ3v) is 6.52. The summed E-state index contributed by atoms with van der Waals surface area (Å²) in [5.41, 5.74) is 8.51. The van der Waals surface area contributed by atoms with Crippen LogP contribution < -0.4 is 21.9 Å². The maximum atomic E-state index is 13.8. The van der Waals surface area contributed by atoms with E-state index in [1.807, 2.05) is 42.7 Å². The second-order valence-corrected chi connectivity index (χ2v) is 9.45. The fraction of sp³-hybridized carbons (Fsp3) is 0.400. The number of nitrogens with zero attached hydrogens (tertiary/aromatic N) is 7. The van der Waals surface area contributed by atoms with Crippen molar-refractivity contribution >= 4 is 28.0 Å². The molecule has 10 heteroatoms. The lowest BCUT2D eigenvalue weighted by molar-refractivity contribution is 0.495. The molecule has 4 aromatic rings. The van der Waals surface area contributed by atoms with Gasteiger partial charge >= 0.3 is 5.69 Å². The zero-order valence-electron chi connectivity index (χ0n) is 20.4. The largest absolute Gasteiger partial charge is 0.341 e. The molecule has 0 bridgehead atoms. The number of hydrogen-bond acceptors (Lipinski definition) is 7. The first-order chi connectivity index (χ1) is 16.7. The number of piperidine rings is 1. The third kappa shape index (κ3) is 4.03. The molecular weight excluding hydrogens is 444 g/mol. The zero-order valence-corrected chi connectivity index (χ0v) is 20.4. The Hall–Kier alpha value is -3.79. The zero-order chi connectivity index (χ0) is 24.9. The summed E-state index contributed by atoms with van der Waals surface area (Å²) < 4.78 is 4.47. The van der Waals surface area contributed by atoms with Crippen molar-refractivity contribution in [2.24, 2.45) is 12.8 Å². The molecule has 182 valence electrons. The van der Waals surface area contributed by atoms with Gasteiger partial charge in [-0.05, 0) is 32.8 Å². The summed E-state index contributed by atoms with van der Waals surface area (Å²) in [4.78, 5) is 43.1. The maximum absolute atomic E-state index is 13.8. The van der Waals surface area contributed by atoms with Gasteiger partial charge in [-0.25, -0.2) is 14.8 Å². The summed E-state index contributed by atoms with van der Waals surface area (Å²) in [6.45, 7) is 9.67. The predicted molar refractivity (Wildman–Crippen MR) is 137 cm³/mol. The van der Waals surface area contributed by atoms with E-state index in [4.69, 9.17) is 10.7 Å².